The molecule has 0 aliphatic heterocycles. The van der Waals surface area contributed by atoms with Crippen LogP contribution in [0.3, 0.4) is 0 Å². The predicted molar refractivity (Wildman–Crippen MR) is 55.6 cm³/mol. The van der Waals surface area contributed by atoms with E-state index >= 15 is 0 Å². The van der Waals surface area contributed by atoms with Gasteiger partial charge in [0, 0.05) is 0 Å². The van der Waals surface area contributed by atoms with Crippen LogP contribution in [0.2, 0.25) is 0 Å². The number of hydrogen-bond acceptors (Lipinski definition) is 2. The van der Waals surface area contributed by atoms with E-state index in [1.165, 1.54) is 11.1 Å². The Morgan fingerprint density at radius 3 is 2.14 bits per heavy atom. The lowest BCUT2D eigenvalue weighted by molar-refractivity contribution is 0.860. The molecule has 0 aliphatic carbocycles. The molecule has 0 aliphatic rings. The van der Waals surface area contributed by atoms with Gasteiger partial charge in [0.05, 0.1) is 5.69 Å². The molecule has 1 heterocycles. The predicted octanol–water partition coefficient (Wildman–Crippen LogP) is 2.19. The zero-order chi connectivity index (χ0) is 10.1. The van der Waals surface area contributed by atoms with E-state index in [1.807, 2.05) is 6.92 Å². The van der Waals surface area contributed by atoms with Crippen molar-refractivity contribution in [2.45, 2.75) is 20.8 Å². The molecule has 0 spiro atoms. The molecule has 14 heavy (non-hydrogen) atoms. The van der Waals surface area contributed by atoms with E-state index in [9.17, 15) is 0 Å². The summed E-state index contributed by atoms with van der Waals surface area (Å²) in [5.74, 6) is 0.796. The standard InChI is InChI=1S/C11H13N3/c1-8-4-9(2)6-11(5-8)14-7-12-10(3)13-14/h4-7H,1-3H3. The zero-order valence-corrected chi connectivity index (χ0v) is 8.65. The van der Waals surface area contributed by atoms with Crippen LogP contribution in [0.15, 0.2) is 24.5 Å². The van der Waals surface area contributed by atoms with Crippen LogP contribution in [0.1, 0.15) is 17.0 Å². The number of benzene rings is 1. The van der Waals surface area contributed by atoms with Crippen molar-refractivity contribution in [2.75, 3.05) is 0 Å². The Balaban J connectivity index is 2.51. The number of hydrogen-bond donors (Lipinski definition) is 0. The molecule has 0 saturated carbocycles. The van der Waals surface area contributed by atoms with E-state index in [2.05, 4.69) is 42.1 Å². The second-order valence-corrected chi connectivity index (χ2v) is 3.58. The van der Waals surface area contributed by atoms with Crippen molar-refractivity contribution in [3.05, 3.63) is 41.5 Å². The molecule has 3 nitrogen and oxygen atoms in total. The molecule has 1 aromatic heterocycles. The number of nitrogens with zero attached hydrogens (tertiary/aromatic N) is 3. The highest BCUT2D eigenvalue weighted by atomic mass is 15.3. The molecule has 0 saturated heterocycles. The number of aromatic nitrogens is 3. The molecule has 72 valence electrons. The minimum Gasteiger partial charge on any atom is -0.221 e. The Hall–Kier alpha value is -1.64. The first kappa shape index (κ1) is 8.94. The first-order valence-corrected chi connectivity index (χ1v) is 4.62. The lowest BCUT2D eigenvalue weighted by Crippen LogP contribution is -1.96. The van der Waals surface area contributed by atoms with Gasteiger partial charge in [-0.2, -0.15) is 5.10 Å². The zero-order valence-electron chi connectivity index (χ0n) is 8.65. The Morgan fingerprint density at radius 1 is 1.00 bits per heavy atom. The van der Waals surface area contributed by atoms with Gasteiger partial charge in [-0.05, 0) is 44.0 Å². The molecule has 0 fully saturated rings. The SMILES string of the molecule is Cc1cc(C)cc(-n2cnc(C)n2)c1. The molecule has 2 rings (SSSR count). The average molecular weight is 187 g/mol. The highest BCUT2D eigenvalue weighted by Crippen LogP contribution is 2.12. The van der Waals surface area contributed by atoms with Gasteiger partial charge in [0.1, 0.15) is 12.2 Å². The van der Waals surface area contributed by atoms with Gasteiger partial charge < -0.3 is 0 Å². The molecule has 0 N–H and O–H groups in total. The van der Waals surface area contributed by atoms with Crippen LogP contribution in [-0.4, -0.2) is 14.8 Å². The van der Waals surface area contributed by atoms with Crippen molar-refractivity contribution in [3.8, 4) is 5.69 Å². The maximum atomic E-state index is 4.27. The number of aryl methyl sites for hydroxylation is 3. The maximum Gasteiger partial charge on any atom is 0.147 e. The fourth-order valence-electron chi connectivity index (χ4n) is 1.55. The second-order valence-electron chi connectivity index (χ2n) is 3.58. The van der Waals surface area contributed by atoms with E-state index in [-0.39, 0.29) is 0 Å². The van der Waals surface area contributed by atoms with Gasteiger partial charge in [0.2, 0.25) is 0 Å². The van der Waals surface area contributed by atoms with E-state index < -0.39 is 0 Å². The third-order valence-electron chi connectivity index (χ3n) is 2.08. The molecule has 0 unspecified atom stereocenters. The normalized spacial score (nSPS) is 10.5. The quantitative estimate of drug-likeness (QED) is 0.685. The molecule has 0 bridgehead atoms. The molecule has 3 heteroatoms. The van der Waals surface area contributed by atoms with Gasteiger partial charge in [-0.3, -0.25) is 0 Å². The lowest BCUT2D eigenvalue weighted by Gasteiger charge is -2.03. The summed E-state index contributed by atoms with van der Waals surface area (Å²) in [6, 6.07) is 6.34. The molecule has 0 radical (unpaired) electrons. The Morgan fingerprint density at radius 2 is 1.64 bits per heavy atom. The van der Waals surface area contributed by atoms with Gasteiger partial charge >= 0.3 is 0 Å². The van der Waals surface area contributed by atoms with Crippen LogP contribution in [0, 0.1) is 20.8 Å². The molecule has 0 amide bonds. The summed E-state index contributed by atoms with van der Waals surface area (Å²) >= 11 is 0. The van der Waals surface area contributed by atoms with Crippen LogP contribution in [0.4, 0.5) is 0 Å². The fraction of sp³-hybridized carbons (Fsp3) is 0.273. The molecular weight excluding hydrogens is 174 g/mol. The van der Waals surface area contributed by atoms with E-state index in [4.69, 9.17) is 0 Å². The van der Waals surface area contributed by atoms with Crippen molar-refractivity contribution in [2.24, 2.45) is 0 Å². The average Bonchev–Trinajstić information content (AvgIpc) is 2.50. The Bertz CT molecular complexity index is 437. The minimum absolute atomic E-state index is 0.796. The molecule has 2 aromatic rings. The summed E-state index contributed by atoms with van der Waals surface area (Å²) in [5, 5.41) is 4.27. The van der Waals surface area contributed by atoms with Gasteiger partial charge in [0.15, 0.2) is 0 Å². The monoisotopic (exact) mass is 187 g/mol. The summed E-state index contributed by atoms with van der Waals surface area (Å²) in [4.78, 5) is 4.10. The highest BCUT2D eigenvalue weighted by Gasteiger charge is 2.00. The van der Waals surface area contributed by atoms with Gasteiger partial charge in [-0.1, -0.05) is 6.07 Å². The summed E-state index contributed by atoms with van der Waals surface area (Å²) < 4.78 is 1.80. The minimum atomic E-state index is 0.796. The van der Waals surface area contributed by atoms with E-state index in [1.54, 1.807) is 11.0 Å². The van der Waals surface area contributed by atoms with Crippen LogP contribution in [0.5, 0.6) is 0 Å². The van der Waals surface area contributed by atoms with Crippen molar-refractivity contribution in [1.82, 2.24) is 14.8 Å². The van der Waals surface area contributed by atoms with Crippen LogP contribution < -0.4 is 0 Å². The lowest BCUT2D eigenvalue weighted by atomic mass is 10.1. The summed E-state index contributed by atoms with van der Waals surface area (Å²) in [6.45, 7) is 6.06. The third-order valence-corrected chi connectivity index (χ3v) is 2.08. The maximum absolute atomic E-state index is 4.27. The van der Waals surface area contributed by atoms with Gasteiger partial charge in [-0.25, -0.2) is 9.67 Å². The molecule has 1 aromatic carbocycles. The van der Waals surface area contributed by atoms with Gasteiger partial charge in [-0.15, -0.1) is 0 Å². The smallest absolute Gasteiger partial charge is 0.147 e. The van der Waals surface area contributed by atoms with Crippen LogP contribution >= 0.6 is 0 Å². The topological polar surface area (TPSA) is 30.7 Å². The molecular formula is C11H13N3. The van der Waals surface area contributed by atoms with Crippen LogP contribution in [0.25, 0.3) is 5.69 Å². The van der Waals surface area contributed by atoms with E-state index in [0.717, 1.165) is 11.5 Å². The van der Waals surface area contributed by atoms with Crippen molar-refractivity contribution < 1.29 is 0 Å². The van der Waals surface area contributed by atoms with Gasteiger partial charge in [0.25, 0.3) is 0 Å². The first-order chi connectivity index (χ1) is 6.65. The van der Waals surface area contributed by atoms with Crippen molar-refractivity contribution >= 4 is 0 Å². The Kier molecular flexibility index (Phi) is 2.08. The fourth-order valence-corrected chi connectivity index (χ4v) is 1.55. The Labute approximate surface area is 83.4 Å². The van der Waals surface area contributed by atoms with Crippen molar-refractivity contribution in [3.63, 3.8) is 0 Å². The first-order valence-electron chi connectivity index (χ1n) is 4.62. The molecule has 0 atom stereocenters. The second kappa shape index (κ2) is 3.25. The third kappa shape index (κ3) is 1.66. The summed E-state index contributed by atoms with van der Waals surface area (Å²) in [7, 11) is 0. The summed E-state index contributed by atoms with van der Waals surface area (Å²) in [6.07, 6.45) is 1.74. The van der Waals surface area contributed by atoms with Crippen LogP contribution in [-0.2, 0) is 0 Å². The summed E-state index contributed by atoms with van der Waals surface area (Å²) in [5.41, 5.74) is 3.56. The highest BCUT2D eigenvalue weighted by molar-refractivity contribution is 5.38. The number of rotatable bonds is 1. The largest absolute Gasteiger partial charge is 0.221 e. The van der Waals surface area contributed by atoms with Crippen molar-refractivity contribution in [1.29, 1.82) is 0 Å². The van der Waals surface area contributed by atoms with E-state index in [0.29, 0.717) is 0 Å².